The highest BCUT2D eigenvalue weighted by Gasteiger charge is 1.95. The van der Waals surface area contributed by atoms with Crippen LogP contribution in [0.15, 0.2) is 22.9 Å². The van der Waals surface area contributed by atoms with Crippen molar-refractivity contribution in [3.8, 4) is 0 Å². The molecule has 0 aliphatic rings. The van der Waals surface area contributed by atoms with Crippen molar-refractivity contribution in [3.63, 3.8) is 0 Å². The van der Waals surface area contributed by atoms with Gasteiger partial charge in [-0.05, 0) is 15.9 Å². The second-order valence-electron chi connectivity index (χ2n) is 1.53. The summed E-state index contributed by atoms with van der Waals surface area (Å²) in [6.45, 7) is 5.62. The van der Waals surface area contributed by atoms with Crippen LogP contribution in [0.3, 0.4) is 0 Å². The number of ether oxygens (including phenoxy) is 1. The predicted molar refractivity (Wildman–Crippen MR) is 43.5 cm³/mol. The van der Waals surface area contributed by atoms with E-state index < -0.39 is 0 Å². The first-order chi connectivity index (χ1) is 4.26. The summed E-state index contributed by atoms with van der Waals surface area (Å²) < 4.78 is 5.95. The molecule has 0 heterocycles. The maximum Gasteiger partial charge on any atom is 0.109 e. The van der Waals surface area contributed by atoms with Gasteiger partial charge in [-0.15, -0.1) is 0 Å². The van der Waals surface area contributed by atoms with E-state index in [1.165, 1.54) is 0 Å². The molecule has 52 valence electrons. The summed E-state index contributed by atoms with van der Waals surface area (Å²) in [5.41, 5.74) is 0. The van der Waals surface area contributed by atoms with Gasteiger partial charge in [-0.1, -0.05) is 19.6 Å². The molecular formula is C7H11BrO. The van der Waals surface area contributed by atoms with Crippen molar-refractivity contribution in [2.75, 3.05) is 7.11 Å². The van der Waals surface area contributed by atoms with E-state index in [9.17, 15) is 0 Å². The zero-order valence-electron chi connectivity index (χ0n) is 5.78. The lowest BCUT2D eigenvalue weighted by Crippen LogP contribution is -1.84. The van der Waals surface area contributed by atoms with Gasteiger partial charge in [0.15, 0.2) is 0 Å². The topological polar surface area (TPSA) is 9.23 Å². The third-order valence-electron chi connectivity index (χ3n) is 1.01. The molecule has 0 spiro atoms. The van der Waals surface area contributed by atoms with Gasteiger partial charge in [0.25, 0.3) is 0 Å². The van der Waals surface area contributed by atoms with Crippen LogP contribution < -0.4 is 0 Å². The molecule has 0 aromatic heterocycles. The van der Waals surface area contributed by atoms with Crippen molar-refractivity contribution >= 4 is 15.9 Å². The minimum absolute atomic E-state index is 0.892. The number of halogens is 1. The maximum absolute atomic E-state index is 5.01. The fourth-order valence-corrected chi connectivity index (χ4v) is 0.967. The second kappa shape index (κ2) is 4.62. The Balaban J connectivity index is 4.17. The number of allylic oxidation sites excluding steroid dienone is 3. The average molecular weight is 191 g/mol. The Morgan fingerprint density at radius 1 is 1.78 bits per heavy atom. The molecule has 0 bridgehead atoms. The van der Waals surface area contributed by atoms with E-state index in [0.717, 1.165) is 16.7 Å². The number of rotatable bonds is 3. The van der Waals surface area contributed by atoms with Crippen LogP contribution in [0.4, 0.5) is 0 Å². The van der Waals surface area contributed by atoms with Crippen molar-refractivity contribution in [2.45, 2.75) is 13.3 Å². The molecule has 9 heavy (non-hydrogen) atoms. The molecule has 0 N–H and O–H groups in total. The van der Waals surface area contributed by atoms with Crippen LogP contribution in [-0.4, -0.2) is 7.11 Å². The summed E-state index contributed by atoms with van der Waals surface area (Å²) in [5, 5.41) is 0. The largest absolute Gasteiger partial charge is 0.500 e. The van der Waals surface area contributed by atoms with Crippen LogP contribution in [-0.2, 0) is 4.74 Å². The SMILES string of the molecule is C=C/C(Br)=C(\CC)OC. The molecule has 0 saturated heterocycles. The summed E-state index contributed by atoms with van der Waals surface area (Å²) in [6.07, 6.45) is 2.62. The highest BCUT2D eigenvalue weighted by atomic mass is 79.9. The fraction of sp³-hybridized carbons (Fsp3) is 0.429. The number of methoxy groups -OCH3 is 1. The lowest BCUT2D eigenvalue weighted by atomic mass is 10.3. The zero-order valence-corrected chi connectivity index (χ0v) is 7.36. The maximum atomic E-state index is 5.01. The molecule has 0 aromatic carbocycles. The smallest absolute Gasteiger partial charge is 0.109 e. The number of hydrogen-bond donors (Lipinski definition) is 0. The van der Waals surface area contributed by atoms with Crippen LogP contribution in [0, 0.1) is 0 Å². The van der Waals surface area contributed by atoms with Gasteiger partial charge < -0.3 is 4.74 Å². The van der Waals surface area contributed by atoms with Crippen LogP contribution >= 0.6 is 15.9 Å². The van der Waals surface area contributed by atoms with Crippen LogP contribution in [0.2, 0.25) is 0 Å². The van der Waals surface area contributed by atoms with Crippen LogP contribution in [0.5, 0.6) is 0 Å². The first-order valence-electron chi connectivity index (χ1n) is 2.81. The molecule has 0 amide bonds. The molecule has 0 atom stereocenters. The molecule has 0 aromatic rings. The first-order valence-corrected chi connectivity index (χ1v) is 3.60. The minimum Gasteiger partial charge on any atom is -0.500 e. The molecular weight excluding hydrogens is 180 g/mol. The van der Waals surface area contributed by atoms with Gasteiger partial charge in [-0.25, -0.2) is 0 Å². The third kappa shape index (κ3) is 2.70. The average Bonchev–Trinajstić information content (AvgIpc) is 1.90. The predicted octanol–water partition coefficient (Wildman–Crippen LogP) is 2.84. The van der Waals surface area contributed by atoms with E-state index in [4.69, 9.17) is 4.74 Å². The van der Waals surface area contributed by atoms with Gasteiger partial charge in [0.1, 0.15) is 5.76 Å². The lowest BCUT2D eigenvalue weighted by Gasteiger charge is -2.02. The Kier molecular flexibility index (Phi) is 4.50. The van der Waals surface area contributed by atoms with E-state index in [1.54, 1.807) is 13.2 Å². The van der Waals surface area contributed by atoms with Crippen LogP contribution in [0.25, 0.3) is 0 Å². The molecule has 0 fully saturated rings. The third-order valence-corrected chi connectivity index (χ3v) is 1.78. The van der Waals surface area contributed by atoms with Gasteiger partial charge >= 0.3 is 0 Å². The van der Waals surface area contributed by atoms with E-state index >= 15 is 0 Å². The van der Waals surface area contributed by atoms with E-state index in [-0.39, 0.29) is 0 Å². The highest BCUT2D eigenvalue weighted by molar-refractivity contribution is 9.11. The first kappa shape index (κ1) is 8.76. The summed E-state index contributed by atoms with van der Waals surface area (Å²) in [7, 11) is 1.66. The molecule has 0 radical (unpaired) electrons. The minimum atomic E-state index is 0.892. The quantitative estimate of drug-likeness (QED) is 0.492. The number of hydrogen-bond acceptors (Lipinski definition) is 1. The zero-order chi connectivity index (χ0) is 7.28. The molecule has 2 heteroatoms. The summed E-state index contributed by atoms with van der Waals surface area (Å²) >= 11 is 3.30. The van der Waals surface area contributed by atoms with Gasteiger partial charge in [0.2, 0.25) is 0 Å². The Hall–Kier alpha value is -0.240. The second-order valence-corrected chi connectivity index (χ2v) is 2.39. The normalized spacial score (nSPS) is 12.3. The van der Waals surface area contributed by atoms with E-state index in [0.29, 0.717) is 0 Å². The monoisotopic (exact) mass is 190 g/mol. The summed E-state index contributed by atoms with van der Waals surface area (Å²) in [6, 6.07) is 0. The molecule has 0 unspecified atom stereocenters. The van der Waals surface area contributed by atoms with Gasteiger partial charge in [-0.3, -0.25) is 0 Å². The van der Waals surface area contributed by atoms with Crippen molar-refractivity contribution in [1.82, 2.24) is 0 Å². The van der Waals surface area contributed by atoms with Crippen molar-refractivity contribution in [1.29, 1.82) is 0 Å². The standard InChI is InChI=1S/C7H11BrO/c1-4-6(8)7(5-2)9-3/h4H,1,5H2,2-3H3/b7-6-. The van der Waals surface area contributed by atoms with Crippen molar-refractivity contribution in [2.24, 2.45) is 0 Å². The lowest BCUT2D eigenvalue weighted by molar-refractivity contribution is 0.280. The van der Waals surface area contributed by atoms with Gasteiger partial charge in [0, 0.05) is 6.42 Å². The molecule has 0 aliphatic carbocycles. The summed E-state index contributed by atoms with van der Waals surface area (Å²) in [4.78, 5) is 0. The van der Waals surface area contributed by atoms with Gasteiger partial charge in [0.05, 0.1) is 11.6 Å². The highest BCUT2D eigenvalue weighted by Crippen LogP contribution is 2.15. The Bertz CT molecular complexity index is 121. The Morgan fingerprint density at radius 2 is 2.33 bits per heavy atom. The molecule has 0 rings (SSSR count). The Labute approximate surface area is 64.5 Å². The summed E-state index contributed by atoms with van der Waals surface area (Å²) in [5.74, 6) is 0.935. The fourth-order valence-electron chi connectivity index (χ4n) is 0.525. The van der Waals surface area contributed by atoms with E-state index in [2.05, 4.69) is 22.5 Å². The van der Waals surface area contributed by atoms with Crippen molar-refractivity contribution < 1.29 is 4.74 Å². The molecule has 1 nitrogen and oxygen atoms in total. The van der Waals surface area contributed by atoms with E-state index in [1.807, 2.05) is 6.92 Å². The Morgan fingerprint density at radius 3 is 2.44 bits per heavy atom. The molecule has 0 saturated carbocycles. The van der Waals surface area contributed by atoms with Crippen LogP contribution in [0.1, 0.15) is 13.3 Å². The van der Waals surface area contributed by atoms with Crippen molar-refractivity contribution in [3.05, 3.63) is 22.9 Å². The van der Waals surface area contributed by atoms with Gasteiger partial charge in [-0.2, -0.15) is 0 Å². The molecule has 0 aliphatic heterocycles.